The normalized spacial score (nSPS) is 8.92. The van der Waals surface area contributed by atoms with E-state index in [1.165, 1.54) is 17.8 Å². The number of thiocarbonyl (C=S) groups is 1. The second-order valence-electron chi connectivity index (χ2n) is 2.29. The maximum absolute atomic E-state index is 9.89. The van der Waals surface area contributed by atoms with Crippen LogP contribution in [-0.2, 0) is 4.79 Å². The third-order valence-corrected chi connectivity index (χ3v) is 2.81. The van der Waals surface area contributed by atoms with Gasteiger partial charge in [0.1, 0.15) is 5.94 Å². The van der Waals surface area contributed by atoms with Crippen molar-refractivity contribution < 1.29 is 4.79 Å². The second kappa shape index (κ2) is 5.70. The fourth-order valence-electron chi connectivity index (χ4n) is 0.809. The van der Waals surface area contributed by atoms with Gasteiger partial charge in [-0.1, -0.05) is 42.5 Å². The van der Waals surface area contributed by atoms with Crippen LogP contribution in [0.5, 0.6) is 0 Å². The molecule has 0 aromatic heterocycles. The van der Waals surface area contributed by atoms with Crippen LogP contribution >= 0.6 is 24.0 Å². The van der Waals surface area contributed by atoms with Gasteiger partial charge >= 0.3 is 0 Å². The maximum Gasteiger partial charge on any atom is 0.120 e. The molecule has 1 aromatic carbocycles. The van der Waals surface area contributed by atoms with Crippen LogP contribution in [0.4, 0.5) is 0 Å². The van der Waals surface area contributed by atoms with E-state index in [1.54, 1.807) is 5.94 Å². The zero-order valence-electron chi connectivity index (χ0n) is 6.90. The molecular formula is C10H8OS2. The number of carbonyl (C=O) groups excluding carboxylic acids is 1. The zero-order chi connectivity index (χ0) is 9.52. The largest absolute Gasteiger partial charge is 0.234 e. The van der Waals surface area contributed by atoms with E-state index < -0.39 is 0 Å². The minimum Gasteiger partial charge on any atom is -0.234 e. The zero-order valence-corrected chi connectivity index (χ0v) is 8.53. The molecule has 0 aliphatic heterocycles. The van der Waals surface area contributed by atoms with Crippen LogP contribution < -0.4 is 0 Å². The SMILES string of the molecule is O=C=CCSC(=S)c1ccccc1. The Labute approximate surface area is 86.8 Å². The van der Waals surface area contributed by atoms with E-state index in [-0.39, 0.29) is 0 Å². The van der Waals surface area contributed by atoms with Gasteiger partial charge in [-0.2, -0.15) is 0 Å². The lowest BCUT2D eigenvalue weighted by Gasteiger charge is -1.99. The minimum absolute atomic E-state index is 0.594. The van der Waals surface area contributed by atoms with E-state index >= 15 is 0 Å². The maximum atomic E-state index is 9.89. The fourth-order valence-corrected chi connectivity index (χ4v) is 1.75. The van der Waals surface area contributed by atoms with Crippen molar-refractivity contribution in [2.75, 3.05) is 5.75 Å². The first kappa shape index (κ1) is 10.2. The summed E-state index contributed by atoms with van der Waals surface area (Å²) in [6, 6.07) is 9.75. The molecule has 0 N–H and O–H groups in total. The van der Waals surface area contributed by atoms with Gasteiger partial charge < -0.3 is 0 Å². The summed E-state index contributed by atoms with van der Waals surface area (Å²) in [4.78, 5) is 9.89. The number of hydrogen-bond donors (Lipinski definition) is 0. The summed E-state index contributed by atoms with van der Waals surface area (Å²) in [5.74, 6) is 2.31. The average molecular weight is 208 g/mol. The highest BCUT2D eigenvalue weighted by molar-refractivity contribution is 8.23. The van der Waals surface area contributed by atoms with Gasteiger partial charge in [0, 0.05) is 11.8 Å². The predicted molar refractivity (Wildman–Crippen MR) is 60.9 cm³/mol. The molecule has 0 aliphatic rings. The monoisotopic (exact) mass is 208 g/mol. The van der Waals surface area contributed by atoms with Crippen molar-refractivity contribution >= 4 is 34.1 Å². The van der Waals surface area contributed by atoms with E-state index in [4.69, 9.17) is 12.2 Å². The molecule has 0 fully saturated rings. The third kappa shape index (κ3) is 3.55. The molecule has 13 heavy (non-hydrogen) atoms. The Morgan fingerprint density at radius 1 is 1.46 bits per heavy atom. The fraction of sp³-hybridized carbons (Fsp3) is 0.100. The Morgan fingerprint density at radius 2 is 2.15 bits per heavy atom. The smallest absolute Gasteiger partial charge is 0.120 e. The molecule has 0 saturated carbocycles. The molecule has 1 nitrogen and oxygen atoms in total. The topological polar surface area (TPSA) is 17.1 Å². The molecule has 0 saturated heterocycles. The third-order valence-electron chi connectivity index (χ3n) is 1.39. The van der Waals surface area contributed by atoms with Crippen molar-refractivity contribution in [3.63, 3.8) is 0 Å². The van der Waals surface area contributed by atoms with E-state index in [0.29, 0.717) is 5.75 Å². The van der Waals surface area contributed by atoms with Crippen LogP contribution in [0.2, 0.25) is 0 Å². The summed E-state index contributed by atoms with van der Waals surface area (Å²) in [6.07, 6.45) is 1.43. The molecule has 1 aromatic rings. The van der Waals surface area contributed by atoms with Gasteiger partial charge in [0.25, 0.3) is 0 Å². The average Bonchev–Trinajstić information content (AvgIpc) is 2.19. The predicted octanol–water partition coefficient (Wildman–Crippen LogP) is 2.48. The molecule has 0 heterocycles. The molecule has 0 bridgehead atoms. The van der Waals surface area contributed by atoms with Crippen LogP contribution in [0, 0.1) is 0 Å². The van der Waals surface area contributed by atoms with Gasteiger partial charge in [-0.25, -0.2) is 4.79 Å². The van der Waals surface area contributed by atoms with Gasteiger partial charge in [-0.15, -0.1) is 11.8 Å². The van der Waals surface area contributed by atoms with Gasteiger partial charge in [0.2, 0.25) is 0 Å². The number of hydrogen-bond acceptors (Lipinski definition) is 3. The Balaban J connectivity index is 2.54. The Kier molecular flexibility index (Phi) is 4.47. The quantitative estimate of drug-likeness (QED) is 0.561. The Morgan fingerprint density at radius 3 is 2.77 bits per heavy atom. The van der Waals surface area contributed by atoms with Crippen molar-refractivity contribution in [3.8, 4) is 0 Å². The lowest BCUT2D eigenvalue weighted by Crippen LogP contribution is -1.91. The summed E-state index contributed by atoms with van der Waals surface area (Å²) in [7, 11) is 0. The van der Waals surface area contributed by atoms with Gasteiger partial charge in [0.15, 0.2) is 0 Å². The molecule has 0 radical (unpaired) electrons. The highest BCUT2D eigenvalue weighted by Gasteiger charge is 1.98. The van der Waals surface area contributed by atoms with Crippen LogP contribution in [0.15, 0.2) is 36.4 Å². The highest BCUT2D eigenvalue weighted by Crippen LogP contribution is 2.13. The van der Waals surface area contributed by atoms with E-state index in [9.17, 15) is 4.79 Å². The first-order valence-corrected chi connectivity index (χ1v) is 5.15. The summed E-state index contributed by atoms with van der Waals surface area (Å²) >= 11 is 6.61. The van der Waals surface area contributed by atoms with Crippen LogP contribution in [0.1, 0.15) is 5.56 Å². The summed E-state index contributed by atoms with van der Waals surface area (Å²) in [5.41, 5.74) is 1.03. The molecule has 3 heteroatoms. The van der Waals surface area contributed by atoms with Crippen LogP contribution in [0.3, 0.4) is 0 Å². The molecular weight excluding hydrogens is 200 g/mol. The first-order valence-electron chi connectivity index (χ1n) is 3.76. The van der Waals surface area contributed by atoms with Crippen molar-refractivity contribution in [1.82, 2.24) is 0 Å². The first-order chi connectivity index (χ1) is 6.34. The molecule has 0 unspecified atom stereocenters. The van der Waals surface area contributed by atoms with Gasteiger partial charge in [0.05, 0.1) is 4.20 Å². The summed E-state index contributed by atoms with van der Waals surface area (Å²) < 4.78 is 0.812. The van der Waals surface area contributed by atoms with Crippen LogP contribution in [0.25, 0.3) is 0 Å². The number of rotatable bonds is 3. The molecule has 0 amide bonds. The van der Waals surface area contributed by atoms with E-state index in [1.807, 2.05) is 30.3 Å². The molecule has 0 aliphatic carbocycles. The molecule has 0 atom stereocenters. The number of thioether (sulfide) groups is 1. The van der Waals surface area contributed by atoms with Gasteiger partial charge in [-0.3, -0.25) is 0 Å². The summed E-state index contributed by atoms with van der Waals surface area (Å²) in [5, 5.41) is 0. The number of benzene rings is 1. The van der Waals surface area contributed by atoms with Gasteiger partial charge in [-0.05, 0) is 5.56 Å². The molecule has 1 rings (SSSR count). The van der Waals surface area contributed by atoms with E-state index in [2.05, 4.69) is 0 Å². The Bertz CT molecular complexity index is 326. The van der Waals surface area contributed by atoms with Crippen molar-refractivity contribution in [1.29, 1.82) is 0 Å². The lowest BCUT2D eigenvalue weighted by atomic mass is 10.2. The molecule has 0 spiro atoms. The molecule has 66 valence electrons. The van der Waals surface area contributed by atoms with E-state index in [0.717, 1.165) is 9.76 Å². The van der Waals surface area contributed by atoms with Crippen LogP contribution in [-0.4, -0.2) is 15.9 Å². The minimum atomic E-state index is 0.594. The van der Waals surface area contributed by atoms with Crippen molar-refractivity contribution in [2.45, 2.75) is 0 Å². The van der Waals surface area contributed by atoms with Crippen molar-refractivity contribution in [2.24, 2.45) is 0 Å². The standard InChI is InChI=1S/C10H8OS2/c11-7-4-8-13-10(12)9-5-2-1-3-6-9/h1-6H,8H2. The lowest BCUT2D eigenvalue weighted by molar-refractivity contribution is 0.568. The second-order valence-corrected chi connectivity index (χ2v) is 3.98. The highest BCUT2D eigenvalue weighted by atomic mass is 32.2. The Hall–Kier alpha value is -0.890. The summed E-state index contributed by atoms with van der Waals surface area (Å²) in [6.45, 7) is 0. The van der Waals surface area contributed by atoms with Crippen molar-refractivity contribution in [3.05, 3.63) is 42.0 Å².